The van der Waals surface area contributed by atoms with E-state index in [0.29, 0.717) is 5.92 Å². The van der Waals surface area contributed by atoms with Crippen LogP contribution in [0.2, 0.25) is 0 Å². The molecular formula is C16H21N3O. The Morgan fingerprint density at radius 2 is 2.30 bits per heavy atom. The molecule has 4 heteroatoms. The topological polar surface area (TPSA) is 39.1 Å². The zero-order valence-electron chi connectivity index (χ0n) is 11.9. The number of hydrogen-bond donors (Lipinski definition) is 1. The number of hydrogen-bond acceptors (Lipinski definition) is 3. The second-order valence-electron chi connectivity index (χ2n) is 5.21. The molecule has 4 nitrogen and oxygen atoms in total. The predicted molar refractivity (Wildman–Crippen MR) is 79.2 cm³/mol. The molecule has 1 aromatic carbocycles. The molecule has 0 radical (unpaired) electrons. The summed E-state index contributed by atoms with van der Waals surface area (Å²) < 4.78 is 7.90. The largest absolute Gasteiger partial charge is 0.493 e. The highest BCUT2D eigenvalue weighted by atomic mass is 16.5. The fraction of sp³-hybridized carbons (Fsp3) is 0.438. The fourth-order valence-electron chi connectivity index (χ4n) is 2.66. The van der Waals surface area contributed by atoms with E-state index in [0.717, 1.165) is 44.1 Å². The highest BCUT2D eigenvalue weighted by Crippen LogP contribution is 2.34. The second-order valence-corrected chi connectivity index (χ2v) is 5.21. The van der Waals surface area contributed by atoms with Gasteiger partial charge in [-0.15, -0.1) is 0 Å². The number of rotatable bonds is 6. The Hall–Kier alpha value is -1.81. The fourth-order valence-corrected chi connectivity index (χ4v) is 2.66. The lowest BCUT2D eigenvalue weighted by atomic mass is 10.0. The maximum absolute atomic E-state index is 5.73. The van der Waals surface area contributed by atoms with Gasteiger partial charge in [-0.25, -0.2) is 4.98 Å². The van der Waals surface area contributed by atoms with Crippen molar-refractivity contribution < 1.29 is 4.74 Å². The first-order valence-electron chi connectivity index (χ1n) is 7.30. The minimum Gasteiger partial charge on any atom is -0.493 e. The van der Waals surface area contributed by atoms with E-state index >= 15 is 0 Å². The molecule has 0 spiro atoms. The number of benzene rings is 1. The van der Waals surface area contributed by atoms with Gasteiger partial charge in [0.05, 0.1) is 18.6 Å². The van der Waals surface area contributed by atoms with E-state index in [-0.39, 0.29) is 0 Å². The minimum atomic E-state index is 0.432. The van der Waals surface area contributed by atoms with Gasteiger partial charge in [0, 0.05) is 37.2 Å². The van der Waals surface area contributed by atoms with Crippen LogP contribution in [-0.4, -0.2) is 29.2 Å². The van der Waals surface area contributed by atoms with E-state index in [1.54, 1.807) is 0 Å². The van der Waals surface area contributed by atoms with Crippen molar-refractivity contribution in [1.82, 2.24) is 14.9 Å². The van der Waals surface area contributed by atoms with Crippen LogP contribution in [-0.2, 0) is 13.0 Å². The molecule has 1 aliphatic rings. The summed E-state index contributed by atoms with van der Waals surface area (Å²) in [4.78, 5) is 4.47. The Morgan fingerprint density at radius 3 is 3.20 bits per heavy atom. The molecule has 1 aliphatic heterocycles. The maximum Gasteiger partial charge on any atom is 0.122 e. The summed E-state index contributed by atoms with van der Waals surface area (Å²) in [5, 5.41) is 3.32. The van der Waals surface area contributed by atoms with Crippen LogP contribution in [0.1, 0.15) is 24.1 Å². The number of nitrogens with zero attached hydrogens (tertiary/aromatic N) is 2. The Kier molecular flexibility index (Phi) is 4.02. The third-order valence-electron chi connectivity index (χ3n) is 3.72. The van der Waals surface area contributed by atoms with Gasteiger partial charge in [-0.05, 0) is 12.6 Å². The van der Waals surface area contributed by atoms with E-state index in [2.05, 4.69) is 40.1 Å². The molecule has 0 bridgehead atoms. The first kappa shape index (κ1) is 13.2. The van der Waals surface area contributed by atoms with Crippen LogP contribution in [0.15, 0.2) is 36.8 Å². The Balaban J connectivity index is 1.62. The van der Waals surface area contributed by atoms with E-state index in [1.807, 2.05) is 18.5 Å². The summed E-state index contributed by atoms with van der Waals surface area (Å²) in [6.07, 6.45) is 5.07. The lowest BCUT2D eigenvalue weighted by Gasteiger charge is -2.09. The molecule has 0 amide bonds. The first-order chi connectivity index (χ1) is 9.86. The zero-order chi connectivity index (χ0) is 13.8. The normalized spacial score (nSPS) is 16.9. The van der Waals surface area contributed by atoms with Gasteiger partial charge >= 0.3 is 0 Å². The number of para-hydroxylation sites is 1. The second kappa shape index (κ2) is 6.09. The van der Waals surface area contributed by atoms with Crippen molar-refractivity contribution in [3.05, 3.63) is 48.0 Å². The van der Waals surface area contributed by atoms with Crippen LogP contribution in [0, 0.1) is 0 Å². The van der Waals surface area contributed by atoms with Crippen LogP contribution >= 0.6 is 0 Å². The smallest absolute Gasteiger partial charge is 0.122 e. The molecule has 20 heavy (non-hydrogen) atoms. The quantitative estimate of drug-likeness (QED) is 0.819. The van der Waals surface area contributed by atoms with Crippen molar-refractivity contribution in [3.8, 4) is 5.75 Å². The van der Waals surface area contributed by atoms with Crippen molar-refractivity contribution in [1.29, 1.82) is 0 Å². The number of nitrogens with one attached hydrogen (secondary N) is 1. The molecule has 1 unspecified atom stereocenters. The van der Waals surface area contributed by atoms with Crippen molar-refractivity contribution in [2.24, 2.45) is 0 Å². The summed E-state index contributed by atoms with van der Waals surface area (Å²) in [5.74, 6) is 1.46. The van der Waals surface area contributed by atoms with Crippen LogP contribution in [0.3, 0.4) is 0 Å². The lowest BCUT2D eigenvalue weighted by molar-refractivity contribution is 0.319. The average Bonchev–Trinajstić information content (AvgIpc) is 3.08. The SMILES string of the molecule is CCNCCc1cn(CC2COc3ccccc32)cn1. The molecule has 3 rings (SSSR count). The maximum atomic E-state index is 5.73. The molecule has 0 fully saturated rings. The summed E-state index contributed by atoms with van der Waals surface area (Å²) in [7, 11) is 0. The number of fused-ring (bicyclic) bond motifs is 1. The van der Waals surface area contributed by atoms with Gasteiger partial charge in [0.25, 0.3) is 0 Å². The standard InChI is InChI=1S/C16H21N3O/c1-2-17-8-7-14-10-19(12-18-14)9-13-11-20-16-6-4-3-5-15(13)16/h3-6,10,12-13,17H,2,7-9,11H2,1H3. The Morgan fingerprint density at radius 1 is 1.40 bits per heavy atom. The van der Waals surface area contributed by atoms with Crippen molar-refractivity contribution in [3.63, 3.8) is 0 Å². The van der Waals surface area contributed by atoms with E-state index < -0.39 is 0 Å². The molecule has 0 saturated carbocycles. The lowest BCUT2D eigenvalue weighted by Crippen LogP contribution is -2.16. The van der Waals surface area contributed by atoms with Crippen LogP contribution in [0.25, 0.3) is 0 Å². The van der Waals surface area contributed by atoms with Crippen LogP contribution in [0.4, 0.5) is 0 Å². The highest BCUT2D eigenvalue weighted by Gasteiger charge is 2.23. The molecule has 106 valence electrons. The number of likely N-dealkylation sites (N-methyl/N-ethyl adjacent to an activating group) is 1. The third-order valence-corrected chi connectivity index (χ3v) is 3.72. The van der Waals surface area contributed by atoms with Crippen molar-refractivity contribution >= 4 is 0 Å². The van der Waals surface area contributed by atoms with Gasteiger partial charge in [-0.3, -0.25) is 0 Å². The molecule has 1 atom stereocenters. The van der Waals surface area contributed by atoms with Gasteiger partial charge in [-0.1, -0.05) is 25.1 Å². The molecule has 0 aliphatic carbocycles. The Bertz CT molecular complexity index is 564. The summed E-state index contributed by atoms with van der Waals surface area (Å²) in [5.41, 5.74) is 2.47. The van der Waals surface area contributed by atoms with Gasteiger partial charge < -0.3 is 14.6 Å². The summed E-state index contributed by atoms with van der Waals surface area (Å²) in [6, 6.07) is 8.31. The predicted octanol–water partition coefficient (Wildman–Crippen LogP) is 2.21. The molecule has 1 aromatic heterocycles. The Labute approximate surface area is 119 Å². The van der Waals surface area contributed by atoms with E-state index in [9.17, 15) is 0 Å². The summed E-state index contributed by atoms with van der Waals surface area (Å²) >= 11 is 0. The van der Waals surface area contributed by atoms with Gasteiger partial charge in [0.15, 0.2) is 0 Å². The molecule has 0 saturated heterocycles. The van der Waals surface area contributed by atoms with E-state index in [1.165, 1.54) is 5.56 Å². The first-order valence-corrected chi connectivity index (χ1v) is 7.30. The molecule has 2 heterocycles. The monoisotopic (exact) mass is 271 g/mol. The number of ether oxygens (including phenoxy) is 1. The molecular weight excluding hydrogens is 250 g/mol. The number of aromatic nitrogens is 2. The van der Waals surface area contributed by atoms with Gasteiger partial charge in [0.2, 0.25) is 0 Å². The minimum absolute atomic E-state index is 0.432. The van der Waals surface area contributed by atoms with Gasteiger partial charge in [0.1, 0.15) is 5.75 Å². The van der Waals surface area contributed by atoms with Crippen molar-refractivity contribution in [2.45, 2.75) is 25.8 Å². The average molecular weight is 271 g/mol. The van der Waals surface area contributed by atoms with Crippen LogP contribution in [0.5, 0.6) is 5.75 Å². The van der Waals surface area contributed by atoms with E-state index in [4.69, 9.17) is 4.74 Å². The van der Waals surface area contributed by atoms with Crippen LogP contribution < -0.4 is 10.1 Å². The van der Waals surface area contributed by atoms with Gasteiger partial charge in [-0.2, -0.15) is 0 Å². The zero-order valence-corrected chi connectivity index (χ0v) is 11.9. The third kappa shape index (κ3) is 2.85. The number of imidazole rings is 1. The van der Waals surface area contributed by atoms with Crippen molar-refractivity contribution in [2.75, 3.05) is 19.7 Å². The molecule has 1 N–H and O–H groups in total. The summed E-state index contributed by atoms with van der Waals surface area (Å²) in [6.45, 7) is 5.82. The molecule has 2 aromatic rings. The highest BCUT2D eigenvalue weighted by molar-refractivity contribution is 5.39.